The zero-order chi connectivity index (χ0) is 24.5. The van der Waals surface area contributed by atoms with Gasteiger partial charge in [-0.3, -0.25) is 5.01 Å². The number of anilines is 1. The molecule has 0 amide bonds. The topological polar surface area (TPSA) is 77.4 Å². The first-order valence-electron chi connectivity index (χ1n) is 10.5. The van der Waals surface area contributed by atoms with E-state index in [4.69, 9.17) is 30.9 Å². The van der Waals surface area contributed by atoms with Crippen molar-refractivity contribution in [1.29, 1.82) is 0 Å². The molecule has 0 N–H and O–H groups in total. The molecule has 1 heterocycles. The summed E-state index contributed by atoms with van der Waals surface area (Å²) in [6, 6.07) is 17.9. The molecule has 7 nitrogen and oxygen atoms in total. The standard InChI is InChI=1S/C25H25ClN2O5S/c1-31-23-13-17(14-24(32-2)25(23)33-3)22-15-21(16-5-7-18(26)8-6-16)27-28(22)19-9-11-20(12-10-19)34(4,29)30/h5-14,22H,15H2,1-4H3. The van der Waals surface area contributed by atoms with Gasteiger partial charge in [0.2, 0.25) is 5.75 Å². The highest BCUT2D eigenvalue weighted by molar-refractivity contribution is 7.90. The quantitative estimate of drug-likeness (QED) is 0.448. The molecule has 1 unspecified atom stereocenters. The van der Waals surface area contributed by atoms with E-state index in [1.165, 1.54) is 6.26 Å². The summed E-state index contributed by atoms with van der Waals surface area (Å²) in [5.41, 5.74) is 3.50. The SMILES string of the molecule is COc1cc(C2CC(c3ccc(Cl)cc3)=NN2c2ccc(S(C)(=O)=O)cc2)cc(OC)c1OC. The number of nitrogens with zero attached hydrogens (tertiary/aromatic N) is 2. The Balaban J connectivity index is 1.81. The Bertz CT molecular complexity index is 1300. The molecule has 178 valence electrons. The second-order valence-electron chi connectivity index (χ2n) is 7.84. The van der Waals surface area contributed by atoms with E-state index in [1.54, 1.807) is 45.6 Å². The third-order valence-corrected chi connectivity index (χ3v) is 7.07. The van der Waals surface area contributed by atoms with Gasteiger partial charge in [0.05, 0.1) is 43.7 Å². The van der Waals surface area contributed by atoms with Crippen LogP contribution in [0.5, 0.6) is 17.2 Å². The van der Waals surface area contributed by atoms with Crippen LogP contribution < -0.4 is 19.2 Å². The van der Waals surface area contributed by atoms with E-state index < -0.39 is 9.84 Å². The van der Waals surface area contributed by atoms with Crippen molar-refractivity contribution in [1.82, 2.24) is 0 Å². The van der Waals surface area contributed by atoms with Gasteiger partial charge in [-0.2, -0.15) is 5.10 Å². The number of halogens is 1. The first-order valence-corrected chi connectivity index (χ1v) is 12.7. The molecule has 0 radical (unpaired) electrons. The van der Waals surface area contributed by atoms with Crippen molar-refractivity contribution >= 4 is 32.8 Å². The molecule has 0 fully saturated rings. The van der Waals surface area contributed by atoms with Gasteiger partial charge < -0.3 is 14.2 Å². The van der Waals surface area contributed by atoms with Crippen molar-refractivity contribution in [2.75, 3.05) is 32.6 Å². The Hall–Kier alpha value is -3.23. The van der Waals surface area contributed by atoms with Crippen LogP contribution >= 0.6 is 11.6 Å². The van der Waals surface area contributed by atoms with Crippen molar-refractivity contribution < 1.29 is 22.6 Å². The summed E-state index contributed by atoms with van der Waals surface area (Å²) in [7, 11) is 1.41. The smallest absolute Gasteiger partial charge is 0.203 e. The summed E-state index contributed by atoms with van der Waals surface area (Å²) in [4.78, 5) is 0.252. The van der Waals surface area contributed by atoms with E-state index in [0.29, 0.717) is 28.7 Å². The van der Waals surface area contributed by atoms with Crippen LogP contribution in [0.1, 0.15) is 23.6 Å². The lowest BCUT2D eigenvalue weighted by Gasteiger charge is -2.25. The van der Waals surface area contributed by atoms with Crippen LogP contribution in [0.3, 0.4) is 0 Å². The fourth-order valence-corrected chi connectivity index (χ4v) is 4.72. The van der Waals surface area contributed by atoms with E-state index in [9.17, 15) is 8.42 Å². The largest absolute Gasteiger partial charge is 0.493 e. The lowest BCUT2D eigenvalue weighted by Crippen LogP contribution is -2.19. The first kappa shape index (κ1) is 23.9. The Morgan fingerprint density at radius 2 is 1.50 bits per heavy atom. The second-order valence-corrected chi connectivity index (χ2v) is 10.3. The molecule has 0 aliphatic carbocycles. The summed E-state index contributed by atoms with van der Waals surface area (Å²) in [5.74, 6) is 1.60. The van der Waals surface area contributed by atoms with Crippen molar-refractivity contribution in [3.63, 3.8) is 0 Å². The molecule has 4 rings (SSSR count). The number of hydrazone groups is 1. The molecule has 1 aliphatic heterocycles. The molecule has 0 saturated carbocycles. The third kappa shape index (κ3) is 4.69. The highest BCUT2D eigenvalue weighted by atomic mass is 35.5. The van der Waals surface area contributed by atoms with Gasteiger partial charge in [0.25, 0.3) is 0 Å². The number of sulfone groups is 1. The van der Waals surface area contributed by atoms with Crippen LogP contribution in [0.2, 0.25) is 5.02 Å². The van der Waals surface area contributed by atoms with Gasteiger partial charge >= 0.3 is 0 Å². The monoisotopic (exact) mass is 500 g/mol. The van der Waals surface area contributed by atoms with Crippen molar-refractivity contribution in [2.24, 2.45) is 5.10 Å². The highest BCUT2D eigenvalue weighted by Crippen LogP contribution is 2.44. The third-order valence-electron chi connectivity index (χ3n) is 5.69. The van der Waals surface area contributed by atoms with Gasteiger partial charge in [-0.25, -0.2) is 8.42 Å². The van der Waals surface area contributed by atoms with Gasteiger partial charge in [0.1, 0.15) is 0 Å². The Labute approximate surface area is 204 Å². The maximum absolute atomic E-state index is 11.9. The fourth-order valence-electron chi connectivity index (χ4n) is 3.96. The average molecular weight is 501 g/mol. The predicted octanol–water partition coefficient (Wildman–Crippen LogP) is 5.13. The molecule has 0 saturated heterocycles. The van der Waals surface area contributed by atoms with E-state index in [-0.39, 0.29) is 10.9 Å². The maximum atomic E-state index is 11.9. The van der Waals surface area contributed by atoms with E-state index in [0.717, 1.165) is 22.5 Å². The van der Waals surface area contributed by atoms with E-state index in [1.807, 2.05) is 41.4 Å². The van der Waals surface area contributed by atoms with Gasteiger partial charge in [0, 0.05) is 17.7 Å². The zero-order valence-corrected chi connectivity index (χ0v) is 20.9. The molecule has 1 atom stereocenters. The minimum absolute atomic E-state index is 0.191. The van der Waals surface area contributed by atoms with Crippen LogP contribution in [-0.2, 0) is 9.84 Å². The zero-order valence-electron chi connectivity index (χ0n) is 19.3. The first-order chi connectivity index (χ1) is 16.2. The number of benzene rings is 3. The van der Waals surface area contributed by atoms with Crippen LogP contribution in [0.25, 0.3) is 0 Å². The number of methoxy groups -OCH3 is 3. The molecule has 1 aliphatic rings. The van der Waals surface area contributed by atoms with Crippen molar-refractivity contribution in [3.8, 4) is 17.2 Å². The number of hydrogen-bond acceptors (Lipinski definition) is 7. The predicted molar refractivity (Wildman–Crippen MR) is 133 cm³/mol. The molecule has 3 aromatic carbocycles. The van der Waals surface area contributed by atoms with Crippen LogP contribution in [0.4, 0.5) is 5.69 Å². The molecule has 34 heavy (non-hydrogen) atoms. The van der Waals surface area contributed by atoms with Crippen LogP contribution in [0.15, 0.2) is 70.7 Å². The van der Waals surface area contributed by atoms with Crippen molar-refractivity contribution in [2.45, 2.75) is 17.4 Å². The maximum Gasteiger partial charge on any atom is 0.203 e. The highest BCUT2D eigenvalue weighted by Gasteiger charge is 2.32. The van der Waals surface area contributed by atoms with Gasteiger partial charge in [-0.05, 0) is 59.7 Å². The molecule has 0 aromatic heterocycles. The van der Waals surface area contributed by atoms with E-state index in [2.05, 4.69) is 0 Å². The van der Waals surface area contributed by atoms with Crippen LogP contribution in [0, 0.1) is 0 Å². The average Bonchev–Trinajstić information content (AvgIpc) is 3.28. The molecular weight excluding hydrogens is 476 g/mol. The Kier molecular flexibility index (Phi) is 6.72. The minimum Gasteiger partial charge on any atom is -0.493 e. The Morgan fingerprint density at radius 1 is 0.912 bits per heavy atom. The summed E-state index contributed by atoms with van der Waals surface area (Å²) in [5, 5.41) is 7.44. The van der Waals surface area contributed by atoms with E-state index >= 15 is 0 Å². The number of hydrogen-bond donors (Lipinski definition) is 0. The molecule has 3 aromatic rings. The van der Waals surface area contributed by atoms with Gasteiger partial charge in [0.15, 0.2) is 21.3 Å². The van der Waals surface area contributed by atoms with Crippen LogP contribution in [-0.4, -0.2) is 41.7 Å². The minimum atomic E-state index is -3.31. The molecular formula is C25H25ClN2O5S. The lowest BCUT2D eigenvalue weighted by atomic mass is 9.97. The van der Waals surface area contributed by atoms with Gasteiger partial charge in [-0.1, -0.05) is 23.7 Å². The molecule has 0 bridgehead atoms. The summed E-state index contributed by atoms with van der Waals surface area (Å²) >= 11 is 6.08. The normalized spacial score (nSPS) is 15.7. The lowest BCUT2D eigenvalue weighted by molar-refractivity contribution is 0.323. The molecule has 0 spiro atoms. The van der Waals surface area contributed by atoms with Crippen molar-refractivity contribution in [3.05, 3.63) is 76.8 Å². The second kappa shape index (κ2) is 9.56. The van der Waals surface area contributed by atoms with Gasteiger partial charge in [-0.15, -0.1) is 0 Å². The number of rotatable bonds is 7. The fraction of sp³-hybridized carbons (Fsp3) is 0.240. The Morgan fingerprint density at radius 3 is 2.00 bits per heavy atom. The number of ether oxygens (including phenoxy) is 3. The summed E-state index contributed by atoms with van der Waals surface area (Å²) < 4.78 is 40.4. The summed E-state index contributed by atoms with van der Waals surface area (Å²) in [6.45, 7) is 0. The summed E-state index contributed by atoms with van der Waals surface area (Å²) in [6.07, 6.45) is 1.79. The molecule has 9 heteroatoms.